The minimum atomic E-state index is -0.321. The molecule has 2 aromatic rings. The van der Waals surface area contributed by atoms with Crippen molar-refractivity contribution >= 4 is 29.1 Å². The van der Waals surface area contributed by atoms with Gasteiger partial charge in [0.15, 0.2) is 5.96 Å². The zero-order valence-electron chi connectivity index (χ0n) is 20.4. The van der Waals surface area contributed by atoms with Crippen LogP contribution in [0.3, 0.4) is 0 Å². The largest absolute Gasteiger partial charge is 0.490 e. The molecule has 0 radical (unpaired) electrons. The Labute approximate surface area is 201 Å². The minimum Gasteiger partial charge on any atom is -0.490 e. The summed E-state index contributed by atoms with van der Waals surface area (Å²) in [6, 6.07) is 15.1. The highest BCUT2D eigenvalue weighted by Gasteiger charge is 2.25. The second kappa shape index (κ2) is 11.0. The first-order valence-corrected chi connectivity index (χ1v) is 11.6. The molecule has 1 atom stereocenters. The van der Waals surface area contributed by atoms with E-state index in [1.54, 1.807) is 4.90 Å². The van der Waals surface area contributed by atoms with Gasteiger partial charge in [0.25, 0.3) is 0 Å². The van der Waals surface area contributed by atoms with Crippen molar-refractivity contribution in [3.05, 3.63) is 54.1 Å². The van der Waals surface area contributed by atoms with Crippen LogP contribution >= 0.6 is 0 Å². The first-order chi connectivity index (χ1) is 16.1. The number of guanidine groups is 1. The monoisotopic (exact) mass is 465 g/mol. The highest BCUT2D eigenvalue weighted by molar-refractivity contribution is 5.90. The number of anilines is 1. The first kappa shape index (κ1) is 25.1. The average molecular weight is 466 g/mol. The zero-order chi connectivity index (χ0) is 24.7. The van der Waals surface area contributed by atoms with Crippen LogP contribution in [0.25, 0.3) is 0 Å². The molecule has 4 N–H and O–H groups in total. The van der Waals surface area contributed by atoms with Gasteiger partial charge < -0.3 is 26.0 Å². The molecule has 8 heteroatoms. The Morgan fingerprint density at radius 2 is 1.85 bits per heavy atom. The van der Waals surface area contributed by atoms with Crippen LogP contribution in [-0.2, 0) is 16.1 Å². The number of carbonyl (C=O) groups is 2. The number of carbonyl (C=O) groups excluding carboxylic acids is 2. The van der Waals surface area contributed by atoms with Gasteiger partial charge >= 0.3 is 0 Å². The molecule has 1 heterocycles. The normalized spacial score (nSPS) is 14.0. The first-order valence-electron chi connectivity index (χ1n) is 11.6. The van der Waals surface area contributed by atoms with Crippen LogP contribution in [0, 0.1) is 0 Å². The fraction of sp³-hybridized carbons (Fsp3) is 0.423. The number of aliphatic imine (C=N–C) groups is 1. The summed E-state index contributed by atoms with van der Waals surface area (Å²) < 4.78 is 6.21. The van der Waals surface area contributed by atoms with Gasteiger partial charge in [-0.05, 0) is 64.8 Å². The van der Waals surface area contributed by atoms with Gasteiger partial charge in [-0.3, -0.25) is 9.59 Å². The van der Waals surface area contributed by atoms with Crippen molar-refractivity contribution in [2.75, 3.05) is 11.9 Å². The molecule has 2 amide bonds. The number of hydrogen-bond acceptors (Lipinski definition) is 6. The highest BCUT2D eigenvalue weighted by atomic mass is 16.5. The van der Waals surface area contributed by atoms with Gasteiger partial charge in [0.05, 0.1) is 18.3 Å². The third kappa shape index (κ3) is 7.50. The van der Waals surface area contributed by atoms with Gasteiger partial charge in [-0.25, -0.2) is 4.99 Å². The number of hydrogen-bond donors (Lipinski definition) is 3. The minimum absolute atomic E-state index is 0.00974. The predicted octanol–water partition coefficient (Wildman–Crippen LogP) is 3.94. The number of fused-ring (bicyclic) bond motifs is 1. The Morgan fingerprint density at radius 3 is 2.56 bits per heavy atom. The lowest BCUT2D eigenvalue weighted by Crippen LogP contribution is -2.49. The van der Waals surface area contributed by atoms with E-state index in [9.17, 15) is 9.59 Å². The van der Waals surface area contributed by atoms with Gasteiger partial charge in [0.2, 0.25) is 11.8 Å². The number of para-hydroxylation sites is 1. The Morgan fingerprint density at radius 1 is 1.12 bits per heavy atom. The summed E-state index contributed by atoms with van der Waals surface area (Å²) in [5.41, 5.74) is 8.25. The Hall–Kier alpha value is -3.55. The number of amides is 2. The summed E-state index contributed by atoms with van der Waals surface area (Å²) in [7, 11) is 0. The van der Waals surface area contributed by atoms with Crippen LogP contribution in [0.1, 0.15) is 52.5 Å². The molecule has 0 saturated heterocycles. The molecule has 3 rings (SSSR count). The lowest BCUT2D eigenvalue weighted by molar-refractivity contribution is -0.123. The third-order valence-corrected chi connectivity index (χ3v) is 5.27. The fourth-order valence-electron chi connectivity index (χ4n) is 3.73. The number of rotatable bonds is 9. The third-order valence-electron chi connectivity index (χ3n) is 5.27. The Kier molecular flexibility index (Phi) is 8.15. The molecule has 2 aromatic carbocycles. The smallest absolute Gasteiger partial charge is 0.240 e. The quantitative estimate of drug-likeness (QED) is 0.520. The second-order valence-electron chi connectivity index (χ2n) is 9.61. The van der Waals surface area contributed by atoms with Gasteiger partial charge in [-0.1, -0.05) is 24.3 Å². The van der Waals surface area contributed by atoms with E-state index in [1.807, 2.05) is 76.2 Å². The molecule has 34 heavy (non-hydrogen) atoms. The van der Waals surface area contributed by atoms with Gasteiger partial charge in [-0.2, -0.15) is 0 Å². The van der Waals surface area contributed by atoms with E-state index in [-0.39, 0.29) is 30.0 Å². The maximum atomic E-state index is 12.4. The number of nitrogens with two attached hydrogens (primary N) is 1. The molecule has 0 aromatic heterocycles. The van der Waals surface area contributed by atoms with Crippen LogP contribution in [0.15, 0.2) is 53.5 Å². The number of ether oxygens (including phenoxy) is 1. The van der Waals surface area contributed by atoms with E-state index in [4.69, 9.17) is 10.5 Å². The molecular formula is C26H35N5O3. The molecule has 1 aliphatic heterocycles. The molecule has 0 bridgehead atoms. The molecule has 0 spiro atoms. The standard InChI is InChI=1S/C26H35N5O3/c1-18(10-8-15-23(32)28-19-11-6-5-7-12-19)34-22-14-9-13-21-20(22)16-31(25(27)29-21)17-24(33)30-26(2,3)4/h5-7,9,11-14,18H,8,10,15-17H2,1-4H3,(H2,27,29)(H,28,32)(H,30,33). The molecule has 1 unspecified atom stereocenters. The van der Waals surface area contributed by atoms with Crippen molar-refractivity contribution in [1.82, 2.24) is 10.2 Å². The average Bonchev–Trinajstić information content (AvgIpc) is 2.74. The lowest BCUT2D eigenvalue weighted by Gasteiger charge is -2.30. The second-order valence-corrected chi connectivity index (χ2v) is 9.61. The van der Waals surface area contributed by atoms with Gasteiger partial charge in [0, 0.05) is 23.2 Å². The van der Waals surface area contributed by atoms with E-state index in [0.29, 0.717) is 25.3 Å². The van der Waals surface area contributed by atoms with Crippen LogP contribution < -0.4 is 21.1 Å². The molecule has 8 nitrogen and oxygen atoms in total. The molecular weight excluding hydrogens is 430 g/mol. The summed E-state index contributed by atoms with van der Waals surface area (Å²) >= 11 is 0. The number of benzene rings is 2. The van der Waals surface area contributed by atoms with Crippen molar-refractivity contribution in [2.24, 2.45) is 10.7 Å². The van der Waals surface area contributed by atoms with Crippen molar-refractivity contribution in [2.45, 2.75) is 65.1 Å². The van der Waals surface area contributed by atoms with Crippen LogP contribution in [0.4, 0.5) is 11.4 Å². The summed E-state index contributed by atoms with van der Waals surface area (Å²) in [6.07, 6.45) is 1.78. The van der Waals surface area contributed by atoms with Crippen molar-refractivity contribution in [3.8, 4) is 5.75 Å². The zero-order valence-corrected chi connectivity index (χ0v) is 20.4. The summed E-state index contributed by atoms with van der Waals surface area (Å²) in [5.74, 6) is 0.904. The predicted molar refractivity (Wildman–Crippen MR) is 135 cm³/mol. The van der Waals surface area contributed by atoms with E-state index < -0.39 is 0 Å². The lowest BCUT2D eigenvalue weighted by atomic mass is 10.1. The fourth-order valence-corrected chi connectivity index (χ4v) is 3.73. The molecule has 1 aliphatic rings. The van der Waals surface area contributed by atoms with Gasteiger partial charge in [0.1, 0.15) is 12.3 Å². The highest BCUT2D eigenvalue weighted by Crippen LogP contribution is 2.34. The Balaban J connectivity index is 1.55. The summed E-state index contributed by atoms with van der Waals surface area (Å²) in [6.45, 7) is 8.35. The number of nitrogens with one attached hydrogen (secondary N) is 2. The van der Waals surface area contributed by atoms with Gasteiger partial charge in [-0.15, -0.1) is 0 Å². The van der Waals surface area contributed by atoms with Crippen molar-refractivity contribution < 1.29 is 14.3 Å². The SMILES string of the molecule is CC(CCCC(=O)Nc1ccccc1)Oc1cccc2c1CN(CC(=O)NC(C)(C)C)C(N)=N2. The van der Waals surface area contributed by atoms with Crippen molar-refractivity contribution in [1.29, 1.82) is 0 Å². The molecule has 0 saturated carbocycles. The van der Waals surface area contributed by atoms with E-state index >= 15 is 0 Å². The maximum Gasteiger partial charge on any atom is 0.240 e. The van der Waals surface area contributed by atoms with Crippen LogP contribution in [-0.4, -0.2) is 40.9 Å². The van der Waals surface area contributed by atoms with E-state index in [1.165, 1.54) is 0 Å². The molecule has 0 aliphatic carbocycles. The van der Waals surface area contributed by atoms with Crippen molar-refractivity contribution in [3.63, 3.8) is 0 Å². The Bertz CT molecular complexity index is 1030. The van der Waals surface area contributed by atoms with Crippen LogP contribution in [0.2, 0.25) is 0 Å². The molecule has 0 fully saturated rings. The summed E-state index contributed by atoms with van der Waals surface area (Å²) in [5, 5.41) is 5.85. The van der Waals surface area contributed by atoms with Crippen LogP contribution in [0.5, 0.6) is 5.75 Å². The van der Waals surface area contributed by atoms with E-state index in [2.05, 4.69) is 15.6 Å². The topological polar surface area (TPSA) is 109 Å². The molecule has 182 valence electrons. The number of nitrogens with zero attached hydrogens (tertiary/aromatic N) is 2. The van der Waals surface area contributed by atoms with E-state index in [0.717, 1.165) is 29.1 Å². The summed E-state index contributed by atoms with van der Waals surface area (Å²) in [4.78, 5) is 30.8. The maximum absolute atomic E-state index is 12.4.